The Morgan fingerprint density at radius 2 is 2.12 bits per heavy atom. The maximum absolute atomic E-state index is 4.18. The first-order chi connectivity index (χ1) is 8.42. The Hall–Kier alpha value is -1.94. The van der Waals surface area contributed by atoms with Gasteiger partial charge in [0, 0.05) is 32.0 Å². The second-order valence-electron chi connectivity index (χ2n) is 4.15. The van der Waals surface area contributed by atoms with Crippen LogP contribution in [0.1, 0.15) is 16.7 Å². The van der Waals surface area contributed by atoms with Crippen LogP contribution >= 0.6 is 0 Å². The molecule has 2 N–H and O–H groups in total. The van der Waals surface area contributed by atoms with Gasteiger partial charge in [-0.2, -0.15) is 0 Å². The van der Waals surface area contributed by atoms with E-state index in [0.29, 0.717) is 0 Å². The second-order valence-corrected chi connectivity index (χ2v) is 4.15. The molecule has 0 bridgehead atoms. The average Bonchev–Trinajstić information content (AvgIpc) is 2.85. The first kappa shape index (κ1) is 10.2. The van der Waals surface area contributed by atoms with Crippen LogP contribution in [0.4, 0.5) is 5.82 Å². The van der Waals surface area contributed by atoms with Crippen molar-refractivity contribution in [2.24, 2.45) is 0 Å². The van der Waals surface area contributed by atoms with Gasteiger partial charge in [0.25, 0.3) is 0 Å². The van der Waals surface area contributed by atoms with Crippen molar-refractivity contribution in [1.82, 2.24) is 15.3 Å². The van der Waals surface area contributed by atoms with Gasteiger partial charge in [0.05, 0.1) is 6.20 Å². The third-order valence-electron chi connectivity index (χ3n) is 2.94. The van der Waals surface area contributed by atoms with Crippen LogP contribution in [0.15, 0.2) is 36.8 Å². The SMILES string of the molecule is c1cnc(NCc2ccc3c(c2)CNC3)cn1. The quantitative estimate of drug-likeness (QED) is 0.836. The van der Waals surface area contributed by atoms with Gasteiger partial charge in [0.2, 0.25) is 0 Å². The standard InChI is InChI=1S/C13H14N4/c1-2-11-7-15-8-12(11)5-10(1)6-17-13-9-14-3-4-16-13/h1-5,9,15H,6-8H2,(H,16,17). The van der Waals surface area contributed by atoms with Crippen molar-refractivity contribution < 1.29 is 0 Å². The Labute approximate surface area is 100 Å². The van der Waals surface area contributed by atoms with Crippen molar-refractivity contribution >= 4 is 5.82 Å². The predicted molar refractivity (Wildman–Crippen MR) is 66.3 cm³/mol. The number of fused-ring (bicyclic) bond motifs is 1. The first-order valence-electron chi connectivity index (χ1n) is 5.73. The molecule has 0 atom stereocenters. The predicted octanol–water partition coefficient (Wildman–Crippen LogP) is 1.69. The highest BCUT2D eigenvalue weighted by atomic mass is 15.0. The molecule has 0 amide bonds. The summed E-state index contributed by atoms with van der Waals surface area (Å²) >= 11 is 0. The second kappa shape index (κ2) is 4.51. The summed E-state index contributed by atoms with van der Waals surface area (Å²) in [6.45, 7) is 2.76. The van der Waals surface area contributed by atoms with Crippen LogP contribution in [0.5, 0.6) is 0 Å². The number of nitrogens with zero attached hydrogens (tertiary/aromatic N) is 2. The monoisotopic (exact) mass is 226 g/mol. The van der Waals surface area contributed by atoms with Gasteiger partial charge in [0.1, 0.15) is 5.82 Å². The normalized spacial score (nSPS) is 13.4. The summed E-state index contributed by atoms with van der Waals surface area (Å²) in [6.07, 6.45) is 5.09. The van der Waals surface area contributed by atoms with Crippen molar-refractivity contribution in [2.75, 3.05) is 5.32 Å². The van der Waals surface area contributed by atoms with Gasteiger partial charge in [-0.05, 0) is 16.7 Å². The molecular weight excluding hydrogens is 212 g/mol. The number of rotatable bonds is 3. The number of hydrogen-bond donors (Lipinski definition) is 2. The third kappa shape index (κ3) is 2.26. The summed E-state index contributed by atoms with van der Waals surface area (Å²) in [4.78, 5) is 8.20. The molecule has 2 heterocycles. The van der Waals surface area contributed by atoms with Gasteiger partial charge in [-0.15, -0.1) is 0 Å². The molecule has 0 fully saturated rings. The number of aromatic nitrogens is 2. The molecule has 86 valence electrons. The highest BCUT2D eigenvalue weighted by Gasteiger charge is 2.09. The molecular formula is C13H14N4. The molecule has 0 saturated carbocycles. The maximum Gasteiger partial charge on any atom is 0.144 e. The fraction of sp³-hybridized carbons (Fsp3) is 0.231. The summed E-state index contributed by atoms with van der Waals surface area (Å²) in [6, 6.07) is 6.61. The highest BCUT2D eigenvalue weighted by Crippen LogP contribution is 2.17. The van der Waals surface area contributed by atoms with E-state index in [1.807, 2.05) is 0 Å². The summed E-state index contributed by atoms with van der Waals surface area (Å²) in [5, 5.41) is 6.60. The molecule has 4 heteroatoms. The van der Waals surface area contributed by atoms with Gasteiger partial charge >= 0.3 is 0 Å². The number of anilines is 1. The van der Waals surface area contributed by atoms with Crippen LogP contribution in [0.2, 0.25) is 0 Å². The van der Waals surface area contributed by atoms with E-state index >= 15 is 0 Å². The fourth-order valence-electron chi connectivity index (χ4n) is 2.04. The van der Waals surface area contributed by atoms with Gasteiger partial charge in [0.15, 0.2) is 0 Å². The van der Waals surface area contributed by atoms with Crippen molar-refractivity contribution in [1.29, 1.82) is 0 Å². The van der Waals surface area contributed by atoms with Crippen LogP contribution in [0.25, 0.3) is 0 Å². The smallest absolute Gasteiger partial charge is 0.144 e. The summed E-state index contributed by atoms with van der Waals surface area (Å²) in [7, 11) is 0. The molecule has 0 unspecified atom stereocenters. The van der Waals surface area contributed by atoms with Crippen LogP contribution in [0.3, 0.4) is 0 Å². The Balaban J connectivity index is 1.70. The lowest BCUT2D eigenvalue weighted by Crippen LogP contribution is -2.02. The summed E-state index contributed by atoms with van der Waals surface area (Å²) in [5.74, 6) is 0.811. The van der Waals surface area contributed by atoms with Crippen LogP contribution < -0.4 is 10.6 Å². The zero-order chi connectivity index (χ0) is 11.5. The largest absolute Gasteiger partial charge is 0.365 e. The lowest BCUT2D eigenvalue weighted by atomic mass is 10.1. The number of nitrogens with one attached hydrogen (secondary N) is 2. The molecule has 0 aliphatic carbocycles. The summed E-state index contributed by atoms with van der Waals surface area (Å²) < 4.78 is 0. The third-order valence-corrected chi connectivity index (χ3v) is 2.94. The molecule has 1 aliphatic rings. The first-order valence-corrected chi connectivity index (χ1v) is 5.73. The molecule has 4 nitrogen and oxygen atoms in total. The molecule has 0 saturated heterocycles. The zero-order valence-corrected chi connectivity index (χ0v) is 9.48. The van der Waals surface area contributed by atoms with E-state index in [0.717, 1.165) is 25.5 Å². The Morgan fingerprint density at radius 3 is 3.00 bits per heavy atom. The van der Waals surface area contributed by atoms with Gasteiger partial charge in [-0.3, -0.25) is 4.98 Å². The fourth-order valence-corrected chi connectivity index (χ4v) is 2.04. The number of benzene rings is 1. The summed E-state index contributed by atoms with van der Waals surface area (Å²) in [5.41, 5.74) is 4.09. The Bertz CT molecular complexity index is 510. The van der Waals surface area contributed by atoms with E-state index in [-0.39, 0.29) is 0 Å². The van der Waals surface area contributed by atoms with Gasteiger partial charge in [-0.1, -0.05) is 18.2 Å². The van der Waals surface area contributed by atoms with Crippen molar-refractivity contribution in [3.05, 3.63) is 53.5 Å². The average molecular weight is 226 g/mol. The molecule has 1 aromatic carbocycles. The molecule has 2 aromatic rings. The lowest BCUT2D eigenvalue weighted by Gasteiger charge is -2.06. The van der Waals surface area contributed by atoms with Gasteiger partial charge in [-0.25, -0.2) is 4.98 Å². The van der Waals surface area contributed by atoms with E-state index in [1.54, 1.807) is 18.6 Å². The van der Waals surface area contributed by atoms with E-state index in [4.69, 9.17) is 0 Å². The van der Waals surface area contributed by atoms with Crippen LogP contribution in [-0.2, 0) is 19.6 Å². The highest BCUT2D eigenvalue weighted by molar-refractivity contribution is 5.37. The molecule has 0 spiro atoms. The van der Waals surface area contributed by atoms with E-state index in [9.17, 15) is 0 Å². The molecule has 1 aliphatic heterocycles. The Morgan fingerprint density at radius 1 is 1.18 bits per heavy atom. The van der Waals surface area contributed by atoms with E-state index in [2.05, 4.69) is 38.8 Å². The van der Waals surface area contributed by atoms with Gasteiger partial charge < -0.3 is 10.6 Å². The maximum atomic E-state index is 4.18. The van der Waals surface area contributed by atoms with E-state index in [1.165, 1.54) is 16.7 Å². The zero-order valence-electron chi connectivity index (χ0n) is 9.48. The minimum atomic E-state index is 0.784. The van der Waals surface area contributed by atoms with Crippen molar-refractivity contribution in [3.63, 3.8) is 0 Å². The molecule has 1 aromatic heterocycles. The topological polar surface area (TPSA) is 49.8 Å². The lowest BCUT2D eigenvalue weighted by molar-refractivity contribution is 0.764. The number of hydrogen-bond acceptors (Lipinski definition) is 4. The van der Waals surface area contributed by atoms with Crippen molar-refractivity contribution in [2.45, 2.75) is 19.6 Å². The van der Waals surface area contributed by atoms with Crippen LogP contribution in [0, 0.1) is 0 Å². The molecule has 0 radical (unpaired) electrons. The molecule has 3 rings (SSSR count). The Kier molecular flexibility index (Phi) is 2.71. The van der Waals surface area contributed by atoms with Crippen LogP contribution in [-0.4, -0.2) is 9.97 Å². The van der Waals surface area contributed by atoms with E-state index < -0.39 is 0 Å². The van der Waals surface area contributed by atoms with Crippen molar-refractivity contribution in [3.8, 4) is 0 Å². The minimum absolute atomic E-state index is 0.784. The molecule has 17 heavy (non-hydrogen) atoms. The minimum Gasteiger partial charge on any atom is -0.365 e.